The van der Waals surface area contributed by atoms with E-state index in [2.05, 4.69) is 20.8 Å². The van der Waals surface area contributed by atoms with Gasteiger partial charge in [-0.05, 0) is 31.0 Å². The molecule has 0 atom stereocenters. The molecule has 1 amide bonds. The molecule has 2 N–H and O–H groups in total. The second kappa shape index (κ2) is 9.35. The van der Waals surface area contributed by atoms with Gasteiger partial charge in [-0.15, -0.1) is 0 Å². The first-order valence-corrected chi connectivity index (χ1v) is 9.42. The molecule has 0 spiro atoms. The number of anilines is 2. The summed E-state index contributed by atoms with van der Waals surface area (Å²) in [5, 5.41) is 12.1. The molecule has 1 aromatic heterocycles. The van der Waals surface area contributed by atoms with Crippen LogP contribution < -0.4 is 15.8 Å². The Labute approximate surface area is 176 Å². The summed E-state index contributed by atoms with van der Waals surface area (Å²) in [4.78, 5) is 44.7. The number of benzene rings is 1. The summed E-state index contributed by atoms with van der Waals surface area (Å²) in [6, 6.07) is 6.25. The van der Waals surface area contributed by atoms with Gasteiger partial charge in [0.25, 0.3) is 5.91 Å². The Morgan fingerprint density at radius 1 is 1.30 bits per heavy atom. The summed E-state index contributed by atoms with van der Waals surface area (Å²) in [5.74, 6) is -1.13. The number of carbonyl (C=O) groups excluding carboxylic acids is 2. The van der Waals surface area contributed by atoms with Crippen LogP contribution in [0.25, 0.3) is 0 Å². The van der Waals surface area contributed by atoms with Crippen molar-refractivity contribution in [3.8, 4) is 0 Å². The number of hydrazine groups is 1. The van der Waals surface area contributed by atoms with Gasteiger partial charge in [0.2, 0.25) is 11.6 Å². The van der Waals surface area contributed by atoms with Gasteiger partial charge < -0.3 is 9.64 Å². The van der Waals surface area contributed by atoms with E-state index >= 15 is 0 Å². The second-order valence-corrected chi connectivity index (χ2v) is 6.96. The highest BCUT2D eigenvalue weighted by atomic mass is 35.5. The van der Waals surface area contributed by atoms with Gasteiger partial charge in [0, 0.05) is 23.7 Å². The van der Waals surface area contributed by atoms with E-state index in [0.29, 0.717) is 31.0 Å². The van der Waals surface area contributed by atoms with Gasteiger partial charge in [-0.3, -0.25) is 30.6 Å². The number of carbonyl (C=O) groups is 2. The molecule has 0 saturated carbocycles. The third kappa shape index (κ3) is 4.74. The fourth-order valence-corrected chi connectivity index (χ4v) is 3.36. The highest BCUT2D eigenvalue weighted by molar-refractivity contribution is 6.30. The van der Waals surface area contributed by atoms with E-state index in [1.807, 2.05) is 0 Å². The van der Waals surface area contributed by atoms with Crippen molar-refractivity contribution in [1.82, 2.24) is 15.4 Å². The average molecular weight is 435 g/mol. The van der Waals surface area contributed by atoms with Gasteiger partial charge >= 0.3 is 11.7 Å². The quantitative estimate of drug-likeness (QED) is 0.397. The number of methoxy groups -OCH3 is 1. The molecular formula is C18H19ClN6O5. The number of hydrogen-bond donors (Lipinski definition) is 2. The lowest BCUT2D eigenvalue weighted by Gasteiger charge is -2.31. The molecule has 1 fully saturated rings. The SMILES string of the molecule is COC(=O)C1CCN(c2ncnc(NNC(=O)c3cccc(Cl)c3)c2[N+](=O)[O-])CC1. The summed E-state index contributed by atoms with van der Waals surface area (Å²) in [5.41, 5.74) is 4.77. The van der Waals surface area contributed by atoms with E-state index < -0.39 is 10.8 Å². The van der Waals surface area contributed by atoms with Crippen molar-refractivity contribution in [2.24, 2.45) is 5.92 Å². The third-order valence-corrected chi connectivity index (χ3v) is 4.93. The number of piperidine rings is 1. The fraction of sp³-hybridized carbons (Fsp3) is 0.333. The summed E-state index contributed by atoms with van der Waals surface area (Å²) in [6.07, 6.45) is 2.15. The van der Waals surface area contributed by atoms with Crippen LogP contribution in [-0.4, -0.2) is 47.0 Å². The van der Waals surface area contributed by atoms with Gasteiger partial charge in [-0.2, -0.15) is 0 Å². The predicted octanol–water partition coefficient (Wildman–Crippen LogP) is 2.18. The van der Waals surface area contributed by atoms with E-state index in [9.17, 15) is 19.7 Å². The Kier molecular flexibility index (Phi) is 6.62. The standard InChI is InChI=1S/C18H19ClN6O5/c1-30-18(27)11-5-7-24(8-6-11)16-14(25(28)29)15(20-10-21-16)22-23-17(26)12-3-2-4-13(19)9-12/h2-4,9-11H,5-8H2,1H3,(H,23,26)(H,20,21,22). The molecule has 0 unspecified atom stereocenters. The number of amides is 1. The maximum absolute atomic E-state index is 12.3. The zero-order chi connectivity index (χ0) is 21.7. The van der Waals surface area contributed by atoms with Gasteiger partial charge in [-0.1, -0.05) is 17.7 Å². The van der Waals surface area contributed by atoms with E-state index in [0.717, 1.165) is 0 Å². The normalized spacial score (nSPS) is 14.1. The number of ether oxygens (including phenoxy) is 1. The van der Waals surface area contributed by atoms with Crippen LogP contribution in [0.3, 0.4) is 0 Å². The van der Waals surface area contributed by atoms with Crippen LogP contribution in [-0.2, 0) is 9.53 Å². The maximum Gasteiger partial charge on any atom is 0.355 e. The van der Waals surface area contributed by atoms with Gasteiger partial charge in [-0.25, -0.2) is 9.97 Å². The molecule has 1 aliphatic rings. The molecule has 30 heavy (non-hydrogen) atoms. The molecule has 2 aromatic rings. The minimum absolute atomic E-state index is 0.109. The summed E-state index contributed by atoms with van der Waals surface area (Å²) >= 11 is 5.87. The molecule has 1 aromatic carbocycles. The van der Waals surface area contributed by atoms with Crippen LogP contribution >= 0.6 is 11.6 Å². The van der Waals surface area contributed by atoms with Crippen LogP contribution in [0.15, 0.2) is 30.6 Å². The maximum atomic E-state index is 12.3. The largest absolute Gasteiger partial charge is 0.469 e. The topological polar surface area (TPSA) is 140 Å². The molecule has 2 heterocycles. The molecule has 0 aliphatic carbocycles. The van der Waals surface area contributed by atoms with Crippen LogP contribution in [0.1, 0.15) is 23.2 Å². The molecule has 12 heteroatoms. The molecule has 11 nitrogen and oxygen atoms in total. The highest BCUT2D eigenvalue weighted by Crippen LogP contribution is 2.33. The van der Waals surface area contributed by atoms with E-state index in [-0.39, 0.29) is 34.8 Å². The Morgan fingerprint density at radius 3 is 2.67 bits per heavy atom. The Morgan fingerprint density at radius 2 is 2.03 bits per heavy atom. The van der Waals surface area contributed by atoms with Crippen LogP contribution in [0.5, 0.6) is 0 Å². The summed E-state index contributed by atoms with van der Waals surface area (Å²) in [7, 11) is 1.33. The number of nitrogens with zero attached hydrogens (tertiary/aromatic N) is 4. The number of nitro groups is 1. The zero-order valence-electron chi connectivity index (χ0n) is 16.0. The number of halogens is 1. The molecule has 0 bridgehead atoms. The van der Waals surface area contributed by atoms with Crippen LogP contribution in [0.2, 0.25) is 5.02 Å². The van der Waals surface area contributed by atoms with E-state index in [1.54, 1.807) is 23.1 Å². The lowest BCUT2D eigenvalue weighted by molar-refractivity contribution is -0.383. The van der Waals surface area contributed by atoms with E-state index in [1.165, 1.54) is 19.5 Å². The number of nitrogens with one attached hydrogen (secondary N) is 2. The first kappa shape index (κ1) is 21.2. The minimum atomic E-state index is -0.615. The molecule has 3 rings (SSSR count). The summed E-state index contributed by atoms with van der Waals surface area (Å²) in [6.45, 7) is 0.790. The predicted molar refractivity (Wildman–Crippen MR) is 108 cm³/mol. The van der Waals surface area contributed by atoms with Gasteiger partial charge in [0.05, 0.1) is 18.0 Å². The second-order valence-electron chi connectivity index (χ2n) is 6.53. The van der Waals surface area contributed by atoms with Crippen molar-refractivity contribution >= 4 is 40.8 Å². The van der Waals surface area contributed by atoms with E-state index in [4.69, 9.17) is 16.3 Å². The number of esters is 1. The zero-order valence-corrected chi connectivity index (χ0v) is 16.8. The van der Waals surface area contributed by atoms with Crippen LogP contribution in [0, 0.1) is 16.0 Å². The third-order valence-electron chi connectivity index (χ3n) is 4.70. The van der Waals surface area contributed by atoms with Gasteiger partial charge in [0.15, 0.2) is 0 Å². The first-order chi connectivity index (χ1) is 14.4. The minimum Gasteiger partial charge on any atom is -0.469 e. The van der Waals surface area contributed by atoms with Crippen molar-refractivity contribution in [2.45, 2.75) is 12.8 Å². The Balaban J connectivity index is 1.76. The number of aromatic nitrogens is 2. The van der Waals surface area contributed by atoms with Crippen molar-refractivity contribution < 1.29 is 19.2 Å². The smallest absolute Gasteiger partial charge is 0.355 e. The molecule has 158 valence electrons. The number of hydrogen-bond acceptors (Lipinski definition) is 9. The monoisotopic (exact) mass is 434 g/mol. The lowest BCUT2D eigenvalue weighted by Crippen LogP contribution is -2.38. The molecule has 0 radical (unpaired) electrons. The lowest BCUT2D eigenvalue weighted by atomic mass is 9.97. The molecule has 1 saturated heterocycles. The van der Waals surface area contributed by atoms with Crippen molar-refractivity contribution in [3.05, 3.63) is 51.3 Å². The molecular weight excluding hydrogens is 416 g/mol. The molecule has 1 aliphatic heterocycles. The fourth-order valence-electron chi connectivity index (χ4n) is 3.17. The average Bonchev–Trinajstić information content (AvgIpc) is 2.76. The van der Waals surface area contributed by atoms with Crippen LogP contribution in [0.4, 0.5) is 17.3 Å². The number of rotatable bonds is 6. The van der Waals surface area contributed by atoms with Crippen molar-refractivity contribution in [2.75, 3.05) is 30.5 Å². The Hall–Kier alpha value is -3.47. The van der Waals surface area contributed by atoms with Crippen molar-refractivity contribution in [1.29, 1.82) is 0 Å². The highest BCUT2D eigenvalue weighted by Gasteiger charge is 2.32. The van der Waals surface area contributed by atoms with Gasteiger partial charge in [0.1, 0.15) is 6.33 Å². The summed E-state index contributed by atoms with van der Waals surface area (Å²) < 4.78 is 4.76. The van der Waals surface area contributed by atoms with Crippen molar-refractivity contribution in [3.63, 3.8) is 0 Å². The first-order valence-electron chi connectivity index (χ1n) is 9.04. The Bertz CT molecular complexity index is 964.